The van der Waals surface area contributed by atoms with Gasteiger partial charge in [-0.05, 0) is 23.0 Å². The molecule has 1 rings (SSSR count). The standard InChI is InChI=1S/C14H23FN2/c1-10(2)14(3,4)9-17-8-11-6-5-7-12(15)13(11)16/h5-7,10,17H,8-9,16H2,1-4H3. The number of anilines is 1. The molecule has 0 aliphatic carbocycles. The number of halogens is 1. The predicted molar refractivity (Wildman–Crippen MR) is 71.1 cm³/mol. The fraction of sp³-hybridized carbons (Fsp3) is 0.571. The van der Waals surface area contributed by atoms with Crippen molar-refractivity contribution in [2.45, 2.75) is 34.2 Å². The highest BCUT2D eigenvalue weighted by atomic mass is 19.1. The highest BCUT2D eigenvalue weighted by molar-refractivity contribution is 5.47. The van der Waals surface area contributed by atoms with Crippen LogP contribution in [-0.4, -0.2) is 6.54 Å². The molecule has 3 heteroatoms. The van der Waals surface area contributed by atoms with Gasteiger partial charge in [-0.1, -0.05) is 39.8 Å². The Kier molecular flexibility index (Phi) is 4.52. The van der Waals surface area contributed by atoms with Crippen LogP contribution in [0.15, 0.2) is 18.2 Å². The molecule has 0 spiro atoms. The number of hydrogen-bond acceptors (Lipinski definition) is 2. The number of benzene rings is 1. The lowest BCUT2D eigenvalue weighted by Crippen LogP contribution is -2.33. The Morgan fingerprint density at radius 2 is 2.00 bits per heavy atom. The number of para-hydroxylation sites is 1. The summed E-state index contributed by atoms with van der Waals surface area (Å²) in [6, 6.07) is 4.93. The first-order valence-electron chi connectivity index (χ1n) is 6.08. The van der Waals surface area contributed by atoms with E-state index in [-0.39, 0.29) is 16.9 Å². The molecule has 0 atom stereocenters. The minimum absolute atomic E-state index is 0.224. The lowest BCUT2D eigenvalue weighted by Gasteiger charge is -2.29. The van der Waals surface area contributed by atoms with Crippen LogP contribution in [0, 0.1) is 17.2 Å². The third kappa shape index (κ3) is 3.70. The molecule has 0 aromatic heterocycles. The summed E-state index contributed by atoms with van der Waals surface area (Å²) in [5, 5.41) is 3.34. The zero-order valence-corrected chi connectivity index (χ0v) is 11.2. The lowest BCUT2D eigenvalue weighted by molar-refractivity contribution is 0.238. The molecule has 0 radical (unpaired) electrons. The molecule has 0 saturated heterocycles. The van der Waals surface area contributed by atoms with Crippen molar-refractivity contribution in [2.75, 3.05) is 12.3 Å². The van der Waals surface area contributed by atoms with Crippen LogP contribution in [-0.2, 0) is 6.54 Å². The molecule has 1 aromatic rings. The molecular formula is C14H23FN2. The SMILES string of the molecule is CC(C)C(C)(C)CNCc1cccc(F)c1N. The normalized spacial score (nSPS) is 12.1. The molecule has 0 bridgehead atoms. The summed E-state index contributed by atoms with van der Waals surface area (Å²) >= 11 is 0. The van der Waals surface area contributed by atoms with Crippen LogP contribution in [0.4, 0.5) is 10.1 Å². The van der Waals surface area contributed by atoms with Gasteiger partial charge in [0.2, 0.25) is 0 Å². The van der Waals surface area contributed by atoms with Crippen LogP contribution in [0.2, 0.25) is 0 Å². The summed E-state index contributed by atoms with van der Waals surface area (Å²) in [4.78, 5) is 0. The second kappa shape index (κ2) is 5.50. The van der Waals surface area contributed by atoms with Crippen LogP contribution in [0.3, 0.4) is 0 Å². The smallest absolute Gasteiger partial charge is 0.146 e. The Bertz CT molecular complexity index is 372. The second-order valence-electron chi connectivity index (χ2n) is 5.56. The monoisotopic (exact) mass is 238 g/mol. The molecule has 0 unspecified atom stereocenters. The average Bonchev–Trinajstić information content (AvgIpc) is 2.24. The minimum Gasteiger partial charge on any atom is -0.396 e. The Morgan fingerprint density at radius 3 is 2.59 bits per heavy atom. The van der Waals surface area contributed by atoms with Crippen molar-refractivity contribution in [1.29, 1.82) is 0 Å². The Hall–Kier alpha value is -1.09. The van der Waals surface area contributed by atoms with E-state index in [0.29, 0.717) is 12.5 Å². The van der Waals surface area contributed by atoms with E-state index in [1.54, 1.807) is 6.07 Å². The molecule has 17 heavy (non-hydrogen) atoms. The Labute approximate surface area is 103 Å². The number of nitrogens with two attached hydrogens (primary N) is 1. The van der Waals surface area contributed by atoms with E-state index < -0.39 is 0 Å². The van der Waals surface area contributed by atoms with Gasteiger partial charge < -0.3 is 11.1 Å². The van der Waals surface area contributed by atoms with E-state index in [1.807, 2.05) is 6.07 Å². The van der Waals surface area contributed by atoms with Gasteiger partial charge in [0.15, 0.2) is 0 Å². The zero-order chi connectivity index (χ0) is 13.1. The molecule has 0 saturated carbocycles. The van der Waals surface area contributed by atoms with Gasteiger partial charge in [-0.2, -0.15) is 0 Å². The fourth-order valence-corrected chi connectivity index (χ4v) is 1.46. The molecule has 3 N–H and O–H groups in total. The van der Waals surface area contributed by atoms with Crippen molar-refractivity contribution in [3.63, 3.8) is 0 Å². The maximum Gasteiger partial charge on any atom is 0.146 e. The molecule has 2 nitrogen and oxygen atoms in total. The predicted octanol–water partition coefficient (Wildman–Crippen LogP) is 3.18. The number of nitrogens with one attached hydrogen (secondary N) is 1. The molecule has 96 valence electrons. The van der Waals surface area contributed by atoms with E-state index in [4.69, 9.17) is 5.73 Å². The maximum absolute atomic E-state index is 13.2. The number of rotatable bonds is 5. The highest BCUT2D eigenvalue weighted by Gasteiger charge is 2.21. The lowest BCUT2D eigenvalue weighted by atomic mass is 9.81. The maximum atomic E-state index is 13.2. The molecule has 0 amide bonds. The summed E-state index contributed by atoms with van der Waals surface area (Å²) < 4.78 is 13.2. The van der Waals surface area contributed by atoms with Crippen molar-refractivity contribution in [3.8, 4) is 0 Å². The van der Waals surface area contributed by atoms with Gasteiger partial charge in [-0.25, -0.2) is 4.39 Å². The molecule has 0 fully saturated rings. The Morgan fingerprint density at radius 1 is 1.35 bits per heavy atom. The molecular weight excluding hydrogens is 215 g/mol. The van der Waals surface area contributed by atoms with E-state index >= 15 is 0 Å². The van der Waals surface area contributed by atoms with Crippen LogP contribution in [0.1, 0.15) is 33.3 Å². The highest BCUT2D eigenvalue weighted by Crippen LogP contribution is 2.25. The third-order valence-electron chi connectivity index (χ3n) is 3.60. The van der Waals surface area contributed by atoms with Gasteiger partial charge in [-0.3, -0.25) is 0 Å². The topological polar surface area (TPSA) is 38.0 Å². The summed E-state index contributed by atoms with van der Waals surface area (Å²) in [7, 11) is 0. The number of nitrogen functional groups attached to an aromatic ring is 1. The summed E-state index contributed by atoms with van der Waals surface area (Å²) in [6.45, 7) is 10.4. The van der Waals surface area contributed by atoms with E-state index in [9.17, 15) is 4.39 Å². The van der Waals surface area contributed by atoms with Gasteiger partial charge in [0, 0.05) is 13.1 Å². The molecule has 0 aliphatic heterocycles. The quantitative estimate of drug-likeness (QED) is 0.773. The summed E-state index contributed by atoms with van der Waals surface area (Å²) in [5.41, 5.74) is 6.98. The molecule has 0 heterocycles. The van der Waals surface area contributed by atoms with Gasteiger partial charge in [-0.15, -0.1) is 0 Å². The molecule has 1 aromatic carbocycles. The van der Waals surface area contributed by atoms with Crippen molar-refractivity contribution >= 4 is 5.69 Å². The van der Waals surface area contributed by atoms with Gasteiger partial charge in [0.25, 0.3) is 0 Å². The van der Waals surface area contributed by atoms with E-state index in [1.165, 1.54) is 6.07 Å². The first-order chi connectivity index (χ1) is 7.84. The second-order valence-corrected chi connectivity index (χ2v) is 5.56. The van der Waals surface area contributed by atoms with E-state index in [0.717, 1.165) is 12.1 Å². The summed E-state index contributed by atoms with van der Waals surface area (Å²) in [5.74, 6) is 0.257. The van der Waals surface area contributed by atoms with Crippen molar-refractivity contribution in [3.05, 3.63) is 29.6 Å². The van der Waals surface area contributed by atoms with Crippen LogP contribution >= 0.6 is 0 Å². The van der Waals surface area contributed by atoms with Crippen molar-refractivity contribution in [2.24, 2.45) is 11.3 Å². The average molecular weight is 238 g/mol. The van der Waals surface area contributed by atoms with Crippen molar-refractivity contribution in [1.82, 2.24) is 5.32 Å². The fourth-order valence-electron chi connectivity index (χ4n) is 1.46. The van der Waals surface area contributed by atoms with Gasteiger partial charge in [0.05, 0.1) is 5.69 Å². The summed E-state index contributed by atoms with van der Waals surface area (Å²) in [6.07, 6.45) is 0. The van der Waals surface area contributed by atoms with Crippen LogP contribution < -0.4 is 11.1 Å². The largest absolute Gasteiger partial charge is 0.396 e. The number of hydrogen-bond donors (Lipinski definition) is 2. The van der Waals surface area contributed by atoms with Crippen LogP contribution in [0.25, 0.3) is 0 Å². The molecule has 0 aliphatic rings. The Balaban J connectivity index is 2.55. The third-order valence-corrected chi connectivity index (χ3v) is 3.60. The van der Waals surface area contributed by atoms with Gasteiger partial charge >= 0.3 is 0 Å². The van der Waals surface area contributed by atoms with E-state index in [2.05, 4.69) is 33.0 Å². The minimum atomic E-state index is -0.340. The zero-order valence-electron chi connectivity index (χ0n) is 11.2. The van der Waals surface area contributed by atoms with Crippen LogP contribution in [0.5, 0.6) is 0 Å². The first kappa shape index (κ1) is 14.0. The first-order valence-corrected chi connectivity index (χ1v) is 6.08. The van der Waals surface area contributed by atoms with Gasteiger partial charge in [0.1, 0.15) is 5.82 Å². The van der Waals surface area contributed by atoms with Crippen molar-refractivity contribution < 1.29 is 4.39 Å².